The van der Waals surface area contributed by atoms with Crippen molar-refractivity contribution in [1.82, 2.24) is 4.57 Å². The molecule has 2 nitrogen and oxygen atoms in total. The van der Waals surface area contributed by atoms with E-state index in [9.17, 15) is 0 Å². The van der Waals surface area contributed by atoms with Crippen LogP contribution in [0.3, 0.4) is 0 Å². The number of hydrogen-bond donors (Lipinski definition) is 0. The lowest BCUT2D eigenvalue weighted by atomic mass is 9.97. The standard InChI is InChI=1S/C61H44N2/c1-43-24-41-55(60(42-43)63-58-22-12-11-20-57(58)61-56(21-13-23-59(61)63)50-18-9-4-10-19-50)51-27-25-46(26-28-51)49-33-39-54(40-34-49)62(52-35-29-47(30-36-52)44-14-5-2-6-15-44)53-37-31-48(32-38-53)45-16-7-3-8-17-45/h2-42H,1H3. The molecule has 2 heteroatoms. The molecule has 1 heterocycles. The second-order valence-corrected chi connectivity index (χ2v) is 16.2. The largest absolute Gasteiger partial charge is 0.311 e. The minimum Gasteiger partial charge on any atom is -0.311 e. The van der Waals surface area contributed by atoms with E-state index in [4.69, 9.17) is 0 Å². The van der Waals surface area contributed by atoms with E-state index in [1.54, 1.807) is 0 Å². The third-order valence-electron chi connectivity index (χ3n) is 12.3. The summed E-state index contributed by atoms with van der Waals surface area (Å²) in [5, 5.41) is 2.53. The third-order valence-corrected chi connectivity index (χ3v) is 12.3. The summed E-state index contributed by atoms with van der Waals surface area (Å²) in [5.74, 6) is 0. The molecule has 0 N–H and O–H groups in total. The molecule has 0 bridgehead atoms. The van der Waals surface area contributed by atoms with Gasteiger partial charge in [0.05, 0.1) is 16.7 Å². The zero-order chi connectivity index (χ0) is 42.1. The average molecular weight is 805 g/mol. The Morgan fingerprint density at radius 1 is 0.302 bits per heavy atom. The number of benzene rings is 10. The van der Waals surface area contributed by atoms with Crippen molar-refractivity contribution in [2.24, 2.45) is 0 Å². The number of hydrogen-bond acceptors (Lipinski definition) is 1. The van der Waals surface area contributed by atoms with Gasteiger partial charge in [-0.3, -0.25) is 0 Å². The molecule has 11 rings (SSSR count). The molecule has 0 saturated carbocycles. The minimum absolute atomic E-state index is 1.10. The average Bonchev–Trinajstić information content (AvgIpc) is 3.70. The van der Waals surface area contributed by atoms with Gasteiger partial charge in [-0.1, -0.05) is 194 Å². The maximum atomic E-state index is 2.46. The first-order valence-electron chi connectivity index (χ1n) is 21.7. The van der Waals surface area contributed by atoms with Crippen LogP contribution in [0, 0.1) is 6.92 Å². The summed E-state index contributed by atoms with van der Waals surface area (Å²) < 4.78 is 2.46. The van der Waals surface area contributed by atoms with Gasteiger partial charge in [-0.25, -0.2) is 0 Å². The molecule has 0 unspecified atom stereocenters. The van der Waals surface area contributed by atoms with Gasteiger partial charge in [0.1, 0.15) is 0 Å². The zero-order valence-electron chi connectivity index (χ0n) is 35.1. The smallest absolute Gasteiger partial charge is 0.0547 e. The molecule has 0 atom stereocenters. The molecule has 63 heavy (non-hydrogen) atoms. The summed E-state index contributed by atoms with van der Waals surface area (Å²) in [4.78, 5) is 2.34. The third kappa shape index (κ3) is 7.18. The van der Waals surface area contributed by atoms with E-state index in [-0.39, 0.29) is 0 Å². The van der Waals surface area contributed by atoms with Gasteiger partial charge in [0.25, 0.3) is 0 Å². The van der Waals surface area contributed by atoms with Gasteiger partial charge in [0.15, 0.2) is 0 Å². The van der Waals surface area contributed by atoms with Gasteiger partial charge >= 0.3 is 0 Å². The highest BCUT2D eigenvalue weighted by atomic mass is 15.1. The highest BCUT2D eigenvalue weighted by Crippen LogP contribution is 2.42. The quantitative estimate of drug-likeness (QED) is 0.141. The molecule has 1 aromatic heterocycles. The van der Waals surface area contributed by atoms with Crippen molar-refractivity contribution in [3.05, 3.63) is 254 Å². The van der Waals surface area contributed by atoms with E-state index in [0.717, 1.165) is 17.1 Å². The fourth-order valence-corrected chi connectivity index (χ4v) is 9.17. The number of rotatable bonds is 9. The maximum absolute atomic E-state index is 2.46. The number of para-hydroxylation sites is 1. The summed E-state index contributed by atoms with van der Waals surface area (Å²) in [6.07, 6.45) is 0. The topological polar surface area (TPSA) is 8.17 Å². The lowest BCUT2D eigenvalue weighted by Gasteiger charge is -2.26. The minimum atomic E-state index is 1.10. The SMILES string of the molecule is Cc1ccc(-c2ccc(-c3ccc(N(c4ccc(-c5ccccc5)cc4)c4ccc(-c5ccccc5)cc4)cc3)cc2)c(-n2c3ccccc3c3c(-c4ccccc4)cccc32)c1. The highest BCUT2D eigenvalue weighted by Gasteiger charge is 2.19. The first-order chi connectivity index (χ1) is 31.2. The predicted octanol–water partition coefficient (Wildman–Crippen LogP) is 16.9. The van der Waals surface area contributed by atoms with Crippen molar-refractivity contribution in [1.29, 1.82) is 0 Å². The van der Waals surface area contributed by atoms with E-state index in [2.05, 4.69) is 265 Å². The van der Waals surface area contributed by atoms with Crippen LogP contribution in [0.1, 0.15) is 5.56 Å². The number of anilines is 3. The fourth-order valence-electron chi connectivity index (χ4n) is 9.17. The summed E-state index contributed by atoms with van der Waals surface area (Å²) in [7, 11) is 0. The Morgan fingerprint density at radius 3 is 1.22 bits per heavy atom. The Balaban J connectivity index is 0.940. The van der Waals surface area contributed by atoms with Crippen LogP contribution in [-0.2, 0) is 0 Å². The van der Waals surface area contributed by atoms with Crippen LogP contribution in [0.25, 0.3) is 83.1 Å². The molecular weight excluding hydrogens is 761 g/mol. The second-order valence-electron chi connectivity index (χ2n) is 16.2. The molecule has 0 aliphatic carbocycles. The van der Waals surface area contributed by atoms with Gasteiger partial charge in [0.2, 0.25) is 0 Å². The number of fused-ring (bicyclic) bond motifs is 3. The molecule has 0 radical (unpaired) electrons. The first kappa shape index (κ1) is 37.8. The monoisotopic (exact) mass is 804 g/mol. The van der Waals surface area contributed by atoms with Crippen LogP contribution in [0.15, 0.2) is 249 Å². The fraction of sp³-hybridized carbons (Fsp3) is 0.0164. The van der Waals surface area contributed by atoms with Crippen molar-refractivity contribution >= 4 is 38.9 Å². The first-order valence-corrected chi connectivity index (χ1v) is 21.7. The second kappa shape index (κ2) is 16.3. The van der Waals surface area contributed by atoms with Crippen LogP contribution < -0.4 is 4.90 Å². The normalized spacial score (nSPS) is 11.3. The Labute approximate surface area is 369 Å². The van der Waals surface area contributed by atoms with Crippen LogP contribution in [0.5, 0.6) is 0 Å². The van der Waals surface area contributed by atoms with Crippen molar-refractivity contribution in [3.8, 4) is 61.3 Å². The molecule has 0 spiro atoms. The molecular formula is C61H44N2. The Bertz CT molecular complexity index is 3250. The van der Waals surface area contributed by atoms with E-state index in [1.807, 2.05) is 0 Å². The number of aromatic nitrogens is 1. The summed E-state index contributed by atoms with van der Waals surface area (Å²) in [5.41, 5.74) is 20.1. The van der Waals surface area contributed by atoms with E-state index in [1.165, 1.54) is 88.7 Å². The Morgan fingerprint density at radius 2 is 0.698 bits per heavy atom. The van der Waals surface area contributed by atoms with Crippen molar-refractivity contribution in [2.75, 3.05) is 4.90 Å². The number of aryl methyl sites for hydroxylation is 1. The Hall–Kier alpha value is -8.20. The lowest BCUT2D eigenvalue weighted by molar-refractivity contribution is 1.17. The molecule has 10 aromatic carbocycles. The van der Waals surface area contributed by atoms with Crippen molar-refractivity contribution < 1.29 is 0 Å². The molecule has 298 valence electrons. The summed E-state index contributed by atoms with van der Waals surface area (Å²) >= 11 is 0. The Kier molecular flexibility index (Phi) is 9.80. The van der Waals surface area contributed by atoms with Gasteiger partial charge in [0, 0.05) is 33.4 Å². The molecule has 0 aliphatic heterocycles. The van der Waals surface area contributed by atoms with Crippen LogP contribution in [-0.4, -0.2) is 4.57 Å². The lowest BCUT2D eigenvalue weighted by Crippen LogP contribution is -2.09. The van der Waals surface area contributed by atoms with E-state index in [0.29, 0.717) is 0 Å². The molecule has 0 aliphatic rings. The van der Waals surface area contributed by atoms with E-state index >= 15 is 0 Å². The van der Waals surface area contributed by atoms with Gasteiger partial charge in [-0.2, -0.15) is 0 Å². The summed E-state index contributed by atoms with van der Waals surface area (Å²) in [6, 6.07) is 90.0. The van der Waals surface area contributed by atoms with Crippen LogP contribution >= 0.6 is 0 Å². The van der Waals surface area contributed by atoms with Crippen molar-refractivity contribution in [3.63, 3.8) is 0 Å². The van der Waals surface area contributed by atoms with E-state index < -0.39 is 0 Å². The maximum Gasteiger partial charge on any atom is 0.0547 e. The number of nitrogens with zero attached hydrogens (tertiary/aromatic N) is 2. The predicted molar refractivity (Wildman–Crippen MR) is 267 cm³/mol. The molecule has 11 aromatic rings. The molecule has 0 saturated heterocycles. The van der Waals surface area contributed by atoms with Gasteiger partial charge in [-0.05, 0) is 117 Å². The highest BCUT2D eigenvalue weighted by molar-refractivity contribution is 6.16. The van der Waals surface area contributed by atoms with Crippen molar-refractivity contribution in [2.45, 2.75) is 6.92 Å². The zero-order valence-corrected chi connectivity index (χ0v) is 35.1. The van der Waals surface area contributed by atoms with Gasteiger partial charge in [-0.15, -0.1) is 0 Å². The van der Waals surface area contributed by atoms with Crippen LogP contribution in [0.2, 0.25) is 0 Å². The van der Waals surface area contributed by atoms with Gasteiger partial charge < -0.3 is 9.47 Å². The molecule has 0 amide bonds. The van der Waals surface area contributed by atoms with Crippen LogP contribution in [0.4, 0.5) is 17.1 Å². The molecule has 0 fully saturated rings. The summed E-state index contributed by atoms with van der Waals surface area (Å²) in [6.45, 7) is 2.18.